The number of nitrogens with zero attached hydrogens (tertiary/aromatic N) is 2. The third-order valence-corrected chi connectivity index (χ3v) is 3.80. The summed E-state index contributed by atoms with van der Waals surface area (Å²) in [4.78, 5) is 8.52. The van der Waals surface area contributed by atoms with Gasteiger partial charge >= 0.3 is 0 Å². The first kappa shape index (κ1) is 18.5. The van der Waals surface area contributed by atoms with Gasteiger partial charge in [-0.3, -0.25) is 9.98 Å². The van der Waals surface area contributed by atoms with Crippen molar-refractivity contribution in [1.82, 2.24) is 0 Å². The highest BCUT2D eigenvalue weighted by Crippen LogP contribution is 2.25. The first-order chi connectivity index (χ1) is 12.9. The monoisotopic (exact) mass is 370 g/mol. The van der Waals surface area contributed by atoms with Gasteiger partial charge in [-0.2, -0.15) is 0 Å². The van der Waals surface area contributed by atoms with Gasteiger partial charge in [-0.25, -0.2) is 17.6 Å². The van der Waals surface area contributed by atoms with Crippen molar-refractivity contribution >= 4 is 23.8 Å². The number of benzene rings is 3. The molecule has 0 spiro atoms. The van der Waals surface area contributed by atoms with Crippen LogP contribution in [0.1, 0.15) is 16.7 Å². The highest BCUT2D eigenvalue weighted by atomic mass is 19.2. The zero-order chi connectivity index (χ0) is 19.4. The second-order valence-corrected chi connectivity index (χ2v) is 5.83. The van der Waals surface area contributed by atoms with Gasteiger partial charge in [0.15, 0.2) is 23.3 Å². The fraction of sp³-hybridized carbons (Fsp3) is 0.0476. The topological polar surface area (TPSA) is 24.7 Å². The van der Waals surface area contributed by atoms with Crippen LogP contribution in [0.3, 0.4) is 0 Å². The number of aryl methyl sites for hydroxylation is 1. The molecule has 3 aromatic rings. The molecule has 0 aromatic heterocycles. The van der Waals surface area contributed by atoms with Crippen LogP contribution in [-0.4, -0.2) is 12.4 Å². The van der Waals surface area contributed by atoms with Crippen molar-refractivity contribution in [3.63, 3.8) is 0 Å². The van der Waals surface area contributed by atoms with Crippen LogP contribution in [0.5, 0.6) is 0 Å². The average molecular weight is 370 g/mol. The lowest BCUT2D eigenvalue weighted by atomic mass is 10.1. The van der Waals surface area contributed by atoms with E-state index in [-0.39, 0.29) is 0 Å². The predicted molar refractivity (Wildman–Crippen MR) is 98.4 cm³/mol. The Kier molecular flexibility index (Phi) is 5.45. The molecule has 3 rings (SSSR count). The van der Waals surface area contributed by atoms with E-state index in [1.807, 2.05) is 6.92 Å². The molecular formula is C21H14F4N2. The second kappa shape index (κ2) is 7.95. The number of hydrogen-bond donors (Lipinski definition) is 0. The van der Waals surface area contributed by atoms with E-state index in [1.165, 1.54) is 24.6 Å². The van der Waals surface area contributed by atoms with Crippen LogP contribution in [0.15, 0.2) is 64.6 Å². The van der Waals surface area contributed by atoms with Gasteiger partial charge in [0.1, 0.15) is 0 Å². The molecule has 0 amide bonds. The smallest absolute Gasteiger partial charge is 0.159 e. The van der Waals surface area contributed by atoms with Crippen molar-refractivity contribution in [2.45, 2.75) is 6.92 Å². The summed E-state index contributed by atoms with van der Waals surface area (Å²) in [7, 11) is 0. The van der Waals surface area contributed by atoms with E-state index < -0.39 is 23.3 Å². The molecule has 0 saturated heterocycles. The maximum Gasteiger partial charge on any atom is 0.159 e. The summed E-state index contributed by atoms with van der Waals surface area (Å²) in [5.74, 6) is -3.73. The highest BCUT2D eigenvalue weighted by Gasteiger charge is 2.03. The lowest BCUT2D eigenvalue weighted by Crippen LogP contribution is -1.88. The minimum absolute atomic E-state index is 0.418. The summed E-state index contributed by atoms with van der Waals surface area (Å²) >= 11 is 0. The molecule has 6 heteroatoms. The minimum atomic E-state index is -0.945. The lowest BCUT2D eigenvalue weighted by Gasteiger charge is -2.02. The molecular weight excluding hydrogens is 356 g/mol. The van der Waals surface area contributed by atoms with Crippen molar-refractivity contribution in [3.8, 4) is 0 Å². The summed E-state index contributed by atoms with van der Waals surface area (Å²) in [5, 5.41) is 0. The van der Waals surface area contributed by atoms with Gasteiger partial charge in [0.05, 0.1) is 11.4 Å². The van der Waals surface area contributed by atoms with Crippen LogP contribution in [0.2, 0.25) is 0 Å². The molecule has 0 saturated carbocycles. The quantitative estimate of drug-likeness (QED) is 0.394. The Morgan fingerprint density at radius 2 is 1.19 bits per heavy atom. The van der Waals surface area contributed by atoms with E-state index >= 15 is 0 Å². The zero-order valence-electron chi connectivity index (χ0n) is 14.3. The molecule has 2 nitrogen and oxygen atoms in total. The van der Waals surface area contributed by atoms with E-state index in [9.17, 15) is 17.6 Å². The van der Waals surface area contributed by atoms with Gasteiger partial charge in [0, 0.05) is 12.4 Å². The molecule has 136 valence electrons. The van der Waals surface area contributed by atoms with Crippen LogP contribution in [-0.2, 0) is 0 Å². The number of hydrogen-bond acceptors (Lipinski definition) is 2. The molecule has 0 radical (unpaired) electrons. The van der Waals surface area contributed by atoms with Crippen LogP contribution in [0.4, 0.5) is 28.9 Å². The van der Waals surface area contributed by atoms with Crippen molar-refractivity contribution in [2.24, 2.45) is 9.98 Å². The standard InChI is InChI=1S/C21H14F4N2/c1-13-2-5-16(26-11-14-3-6-17(22)19(24)8-14)10-21(13)27-12-15-4-7-18(23)20(25)9-15/h2-12H,1H3. The predicted octanol–water partition coefficient (Wildman–Crippen LogP) is 6.05. The number of halogens is 4. The molecule has 0 atom stereocenters. The molecule has 0 heterocycles. The summed E-state index contributed by atoms with van der Waals surface area (Å²) in [6, 6.07) is 12.3. The molecule has 0 fully saturated rings. The third-order valence-electron chi connectivity index (χ3n) is 3.80. The SMILES string of the molecule is Cc1ccc(N=Cc2ccc(F)c(F)c2)cc1N=Cc1ccc(F)c(F)c1. The van der Waals surface area contributed by atoms with Gasteiger partial charge in [0.2, 0.25) is 0 Å². The van der Waals surface area contributed by atoms with Gasteiger partial charge in [-0.1, -0.05) is 18.2 Å². The summed E-state index contributed by atoms with van der Waals surface area (Å²) in [6.07, 6.45) is 2.84. The summed E-state index contributed by atoms with van der Waals surface area (Å²) in [6.45, 7) is 1.85. The van der Waals surface area contributed by atoms with Gasteiger partial charge in [0.25, 0.3) is 0 Å². The molecule has 3 aromatic carbocycles. The third kappa shape index (κ3) is 4.67. The van der Waals surface area contributed by atoms with Crippen LogP contribution in [0.25, 0.3) is 0 Å². The fourth-order valence-corrected chi connectivity index (χ4v) is 2.30. The number of aliphatic imine (C=N–C) groups is 2. The van der Waals surface area contributed by atoms with Crippen molar-refractivity contribution in [2.75, 3.05) is 0 Å². The first-order valence-corrected chi connectivity index (χ1v) is 8.01. The zero-order valence-corrected chi connectivity index (χ0v) is 14.3. The van der Waals surface area contributed by atoms with Gasteiger partial charge in [-0.05, 0) is 60.0 Å². The molecule has 0 N–H and O–H groups in total. The first-order valence-electron chi connectivity index (χ1n) is 8.01. The normalized spacial score (nSPS) is 11.6. The Bertz CT molecular complexity index is 1040. The molecule has 0 aliphatic rings. The van der Waals surface area contributed by atoms with E-state index in [2.05, 4.69) is 9.98 Å². The Morgan fingerprint density at radius 1 is 0.630 bits per heavy atom. The average Bonchev–Trinajstić information content (AvgIpc) is 2.65. The Labute approximate surface area is 153 Å². The molecule has 0 unspecified atom stereocenters. The highest BCUT2D eigenvalue weighted by molar-refractivity contribution is 5.84. The maximum atomic E-state index is 13.3. The molecule has 0 bridgehead atoms. The lowest BCUT2D eigenvalue weighted by molar-refractivity contribution is 0.508. The van der Waals surface area contributed by atoms with Crippen molar-refractivity contribution in [1.29, 1.82) is 0 Å². The number of rotatable bonds is 4. The van der Waals surface area contributed by atoms with E-state index in [0.29, 0.717) is 22.5 Å². The Morgan fingerprint density at radius 3 is 1.74 bits per heavy atom. The van der Waals surface area contributed by atoms with Crippen molar-refractivity contribution in [3.05, 3.63) is 94.6 Å². The second-order valence-electron chi connectivity index (χ2n) is 5.83. The van der Waals surface area contributed by atoms with Crippen LogP contribution < -0.4 is 0 Å². The van der Waals surface area contributed by atoms with Crippen LogP contribution >= 0.6 is 0 Å². The van der Waals surface area contributed by atoms with E-state index in [4.69, 9.17) is 0 Å². The summed E-state index contributed by atoms with van der Waals surface area (Å²) < 4.78 is 52.4. The van der Waals surface area contributed by atoms with Crippen LogP contribution in [0, 0.1) is 30.2 Å². The molecule has 0 aliphatic carbocycles. The Balaban J connectivity index is 1.83. The molecule has 0 aliphatic heterocycles. The fourth-order valence-electron chi connectivity index (χ4n) is 2.30. The Hall–Kier alpha value is -3.28. The largest absolute Gasteiger partial charge is 0.256 e. The van der Waals surface area contributed by atoms with Gasteiger partial charge in [-0.15, -0.1) is 0 Å². The maximum absolute atomic E-state index is 13.3. The van der Waals surface area contributed by atoms with Crippen molar-refractivity contribution < 1.29 is 17.6 Å². The molecule has 27 heavy (non-hydrogen) atoms. The van der Waals surface area contributed by atoms with E-state index in [1.54, 1.807) is 18.2 Å². The van der Waals surface area contributed by atoms with Gasteiger partial charge < -0.3 is 0 Å². The summed E-state index contributed by atoms with van der Waals surface area (Å²) in [5.41, 5.74) is 2.85. The van der Waals surface area contributed by atoms with E-state index in [0.717, 1.165) is 29.8 Å². The minimum Gasteiger partial charge on any atom is -0.256 e.